The molecule has 0 N–H and O–H groups in total. The van der Waals surface area contributed by atoms with Crippen molar-refractivity contribution in [3.05, 3.63) is 41.2 Å². The van der Waals surface area contributed by atoms with Crippen LogP contribution in [-0.2, 0) is 0 Å². The summed E-state index contributed by atoms with van der Waals surface area (Å²) in [5.41, 5.74) is 1.77. The Kier molecular flexibility index (Phi) is 4.24. The highest BCUT2D eigenvalue weighted by atomic mass is 32.1. The summed E-state index contributed by atoms with van der Waals surface area (Å²) in [6, 6.07) is 7.74. The van der Waals surface area contributed by atoms with Crippen molar-refractivity contribution in [1.82, 2.24) is 29.8 Å². The second kappa shape index (κ2) is 7.04. The zero-order chi connectivity index (χ0) is 18.9. The zero-order valence-electron chi connectivity index (χ0n) is 15.3. The number of ether oxygens (including phenoxy) is 1. The topological polar surface area (TPSA) is 84.6 Å². The summed E-state index contributed by atoms with van der Waals surface area (Å²) < 4.78 is 7.01. The minimum Gasteiger partial charge on any atom is -0.481 e. The van der Waals surface area contributed by atoms with Crippen molar-refractivity contribution < 1.29 is 4.74 Å². The van der Waals surface area contributed by atoms with Crippen molar-refractivity contribution in [2.75, 3.05) is 43.1 Å². The predicted molar refractivity (Wildman–Crippen MR) is 107 cm³/mol. The molecule has 0 aliphatic carbocycles. The Balaban J connectivity index is 1.36. The molecule has 0 atom stereocenters. The maximum Gasteiger partial charge on any atom is 0.228 e. The summed E-state index contributed by atoms with van der Waals surface area (Å²) in [7, 11) is 1.61. The number of hydrogen-bond donors (Lipinski definition) is 0. The molecule has 10 heteroatoms. The molecule has 0 amide bonds. The molecule has 4 aromatic heterocycles. The van der Waals surface area contributed by atoms with Crippen molar-refractivity contribution in [3.8, 4) is 17.3 Å². The summed E-state index contributed by atoms with van der Waals surface area (Å²) in [6.45, 7) is 3.28. The van der Waals surface area contributed by atoms with Gasteiger partial charge in [0, 0.05) is 49.4 Å². The standard InChI is InChI=1S/C18H18N8OS/c1-27-16-4-6-19-18(20-16)25-9-7-24(8-10-25)15-3-2-14-21-22-17(26(14)23-15)13-5-11-28-12-13/h2-6,11-12H,7-10H2,1H3. The third-order valence-electron chi connectivity index (χ3n) is 4.74. The molecule has 5 rings (SSSR count). The highest BCUT2D eigenvalue weighted by Gasteiger charge is 2.21. The van der Waals surface area contributed by atoms with E-state index in [1.165, 1.54) is 0 Å². The number of methoxy groups -OCH3 is 1. The summed E-state index contributed by atoms with van der Waals surface area (Å²) in [5.74, 6) is 2.95. The van der Waals surface area contributed by atoms with Crippen LogP contribution in [0.15, 0.2) is 41.2 Å². The molecule has 0 radical (unpaired) electrons. The molecule has 1 saturated heterocycles. The van der Waals surface area contributed by atoms with Crippen LogP contribution in [0.4, 0.5) is 11.8 Å². The largest absolute Gasteiger partial charge is 0.481 e. The number of rotatable bonds is 4. The van der Waals surface area contributed by atoms with Gasteiger partial charge in [0.15, 0.2) is 11.5 Å². The second-order valence-electron chi connectivity index (χ2n) is 6.37. The van der Waals surface area contributed by atoms with Crippen molar-refractivity contribution in [3.63, 3.8) is 0 Å². The third-order valence-corrected chi connectivity index (χ3v) is 5.42. The van der Waals surface area contributed by atoms with Gasteiger partial charge in [0.25, 0.3) is 0 Å². The van der Waals surface area contributed by atoms with Gasteiger partial charge in [-0.3, -0.25) is 0 Å². The summed E-state index contributed by atoms with van der Waals surface area (Å²) >= 11 is 1.63. The lowest BCUT2D eigenvalue weighted by molar-refractivity contribution is 0.396. The first-order chi connectivity index (χ1) is 13.8. The van der Waals surface area contributed by atoms with Gasteiger partial charge in [0.05, 0.1) is 7.11 Å². The Labute approximate surface area is 165 Å². The lowest BCUT2D eigenvalue weighted by Gasteiger charge is -2.35. The average molecular weight is 394 g/mol. The van der Waals surface area contributed by atoms with Gasteiger partial charge < -0.3 is 14.5 Å². The molecule has 28 heavy (non-hydrogen) atoms. The van der Waals surface area contributed by atoms with Crippen LogP contribution in [0.1, 0.15) is 0 Å². The fraction of sp³-hybridized carbons (Fsp3) is 0.278. The van der Waals surface area contributed by atoms with Crippen LogP contribution in [0.2, 0.25) is 0 Å². The molecule has 0 aromatic carbocycles. The molecule has 0 saturated carbocycles. The van der Waals surface area contributed by atoms with E-state index in [-0.39, 0.29) is 0 Å². The first-order valence-corrected chi connectivity index (χ1v) is 9.88. The molecule has 142 valence electrons. The van der Waals surface area contributed by atoms with E-state index in [4.69, 9.17) is 9.84 Å². The molecule has 1 fully saturated rings. The molecular weight excluding hydrogens is 376 g/mol. The van der Waals surface area contributed by atoms with Gasteiger partial charge in [-0.25, -0.2) is 4.98 Å². The van der Waals surface area contributed by atoms with Crippen LogP contribution in [0.3, 0.4) is 0 Å². The van der Waals surface area contributed by atoms with Crippen molar-refractivity contribution in [1.29, 1.82) is 0 Å². The minimum absolute atomic E-state index is 0.577. The minimum atomic E-state index is 0.577. The van der Waals surface area contributed by atoms with Gasteiger partial charge in [0.2, 0.25) is 11.8 Å². The van der Waals surface area contributed by atoms with Crippen molar-refractivity contribution in [2.24, 2.45) is 0 Å². The van der Waals surface area contributed by atoms with Gasteiger partial charge >= 0.3 is 0 Å². The normalized spacial score (nSPS) is 14.6. The van der Waals surface area contributed by atoms with Gasteiger partial charge in [-0.05, 0) is 23.6 Å². The Morgan fingerprint density at radius 3 is 2.64 bits per heavy atom. The quantitative estimate of drug-likeness (QED) is 0.519. The lowest BCUT2D eigenvalue weighted by Crippen LogP contribution is -2.47. The van der Waals surface area contributed by atoms with Crippen LogP contribution in [0.25, 0.3) is 17.0 Å². The Bertz CT molecular complexity index is 1090. The smallest absolute Gasteiger partial charge is 0.228 e. The van der Waals surface area contributed by atoms with Gasteiger partial charge in [0.1, 0.15) is 5.82 Å². The fourth-order valence-electron chi connectivity index (χ4n) is 3.25. The monoisotopic (exact) mass is 394 g/mol. The van der Waals surface area contributed by atoms with Gasteiger partial charge in [-0.1, -0.05) is 0 Å². The number of fused-ring (bicyclic) bond motifs is 1. The van der Waals surface area contributed by atoms with Gasteiger partial charge in [-0.15, -0.1) is 15.3 Å². The maximum atomic E-state index is 5.20. The number of aromatic nitrogens is 6. The summed E-state index contributed by atoms with van der Waals surface area (Å²) in [4.78, 5) is 13.2. The first-order valence-electron chi connectivity index (χ1n) is 8.94. The Hall–Kier alpha value is -3.27. The second-order valence-corrected chi connectivity index (χ2v) is 7.15. The van der Waals surface area contributed by atoms with Crippen LogP contribution < -0.4 is 14.5 Å². The number of thiophene rings is 1. The summed E-state index contributed by atoms with van der Waals surface area (Å²) in [5, 5.41) is 17.4. The van der Waals surface area contributed by atoms with E-state index in [2.05, 4.69) is 35.3 Å². The highest BCUT2D eigenvalue weighted by molar-refractivity contribution is 7.08. The predicted octanol–water partition coefficient (Wildman–Crippen LogP) is 1.98. The fourth-order valence-corrected chi connectivity index (χ4v) is 3.89. The molecule has 9 nitrogen and oxygen atoms in total. The number of piperazine rings is 1. The number of nitrogens with zero attached hydrogens (tertiary/aromatic N) is 8. The SMILES string of the molecule is COc1ccnc(N2CCN(c3ccc4nnc(-c5ccsc5)n4n3)CC2)n1. The molecule has 1 aliphatic rings. The molecule has 4 aromatic rings. The summed E-state index contributed by atoms with van der Waals surface area (Å²) in [6.07, 6.45) is 1.72. The van der Waals surface area contributed by atoms with E-state index in [1.807, 2.05) is 28.1 Å². The molecule has 0 unspecified atom stereocenters. The van der Waals surface area contributed by atoms with Crippen molar-refractivity contribution in [2.45, 2.75) is 0 Å². The average Bonchev–Trinajstić information content (AvgIpc) is 3.43. The Morgan fingerprint density at radius 1 is 1.00 bits per heavy atom. The first kappa shape index (κ1) is 16.9. The van der Waals surface area contributed by atoms with E-state index in [1.54, 1.807) is 30.7 Å². The van der Waals surface area contributed by atoms with E-state index >= 15 is 0 Å². The van der Waals surface area contributed by atoms with E-state index in [0.717, 1.165) is 49.0 Å². The van der Waals surface area contributed by atoms with Crippen LogP contribution in [0.5, 0.6) is 5.88 Å². The van der Waals surface area contributed by atoms with E-state index in [0.29, 0.717) is 11.8 Å². The zero-order valence-corrected chi connectivity index (χ0v) is 16.1. The van der Waals surface area contributed by atoms with Crippen LogP contribution >= 0.6 is 11.3 Å². The molecule has 5 heterocycles. The van der Waals surface area contributed by atoms with Gasteiger partial charge in [-0.2, -0.15) is 20.8 Å². The number of anilines is 2. The molecule has 0 bridgehead atoms. The van der Waals surface area contributed by atoms with Crippen LogP contribution in [-0.4, -0.2) is 63.1 Å². The van der Waals surface area contributed by atoms with E-state index in [9.17, 15) is 0 Å². The lowest BCUT2D eigenvalue weighted by atomic mass is 10.3. The maximum absolute atomic E-state index is 5.20. The van der Waals surface area contributed by atoms with Crippen LogP contribution in [0, 0.1) is 0 Å². The van der Waals surface area contributed by atoms with E-state index < -0.39 is 0 Å². The molecule has 1 aliphatic heterocycles. The highest BCUT2D eigenvalue weighted by Crippen LogP contribution is 2.23. The number of hydrogen-bond acceptors (Lipinski definition) is 9. The molecule has 0 spiro atoms. The van der Waals surface area contributed by atoms with Crippen molar-refractivity contribution >= 4 is 28.8 Å². The Morgan fingerprint density at radius 2 is 1.86 bits per heavy atom. The third kappa shape index (κ3) is 3.01. The molecular formula is C18H18N8OS.